The first-order valence-electron chi connectivity index (χ1n) is 8.33. The predicted molar refractivity (Wildman–Crippen MR) is 100 cm³/mol. The number of nitrogens with zero attached hydrogens (tertiary/aromatic N) is 2. The SMILES string of the molecule is CCNC(=O)N1CCC(N(CC(=O)O)Cc2ccc(F)cc2Cl)CC1.Cl. The Morgan fingerprint density at radius 1 is 1.38 bits per heavy atom. The van der Waals surface area contributed by atoms with Crippen LogP contribution in [0, 0.1) is 5.82 Å². The maximum absolute atomic E-state index is 13.2. The number of benzene rings is 1. The van der Waals surface area contributed by atoms with Gasteiger partial charge in [-0.25, -0.2) is 9.18 Å². The Labute approximate surface area is 163 Å². The summed E-state index contributed by atoms with van der Waals surface area (Å²) >= 11 is 6.07. The van der Waals surface area contributed by atoms with E-state index in [1.54, 1.807) is 11.0 Å². The molecular formula is C17H24Cl2FN3O3. The van der Waals surface area contributed by atoms with Crippen LogP contribution in [-0.4, -0.2) is 59.1 Å². The third-order valence-electron chi connectivity index (χ3n) is 4.32. The fraction of sp³-hybridized carbons (Fsp3) is 0.529. The van der Waals surface area contributed by atoms with E-state index in [2.05, 4.69) is 5.32 Å². The van der Waals surface area contributed by atoms with Gasteiger partial charge in [0.15, 0.2) is 0 Å². The number of halogens is 3. The number of carbonyl (C=O) groups excluding carboxylic acids is 1. The molecule has 2 rings (SSSR count). The van der Waals surface area contributed by atoms with Crippen molar-refractivity contribution in [1.82, 2.24) is 15.1 Å². The van der Waals surface area contributed by atoms with Gasteiger partial charge in [-0.05, 0) is 37.5 Å². The molecule has 146 valence electrons. The smallest absolute Gasteiger partial charge is 0.317 e. The van der Waals surface area contributed by atoms with Crippen molar-refractivity contribution in [2.75, 3.05) is 26.2 Å². The van der Waals surface area contributed by atoms with E-state index in [0.717, 1.165) is 0 Å². The zero-order valence-corrected chi connectivity index (χ0v) is 16.2. The van der Waals surface area contributed by atoms with E-state index in [-0.39, 0.29) is 36.0 Å². The zero-order valence-electron chi connectivity index (χ0n) is 14.6. The molecule has 2 amide bonds. The van der Waals surface area contributed by atoms with Gasteiger partial charge in [-0.2, -0.15) is 0 Å². The molecule has 0 aliphatic carbocycles. The van der Waals surface area contributed by atoms with Gasteiger partial charge in [0.1, 0.15) is 5.82 Å². The fourth-order valence-corrected chi connectivity index (χ4v) is 3.28. The molecule has 9 heteroatoms. The van der Waals surface area contributed by atoms with Crippen molar-refractivity contribution in [2.24, 2.45) is 0 Å². The van der Waals surface area contributed by atoms with Crippen LogP contribution in [0.25, 0.3) is 0 Å². The third kappa shape index (κ3) is 6.30. The molecule has 26 heavy (non-hydrogen) atoms. The summed E-state index contributed by atoms with van der Waals surface area (Å²) in [5.74, 6) is -1.35. The number of carboxylic acids is 1. The third-order valence-corrected chi connectivity index (χ3v) is 4.67. The molecule has 0 radical (unpaired) electrons. The van der Waals surface area contributed by atoms with Crippen LogP contribution >= 0.6 is 24.0 Å². The van der Waals surface area contributed by atoms with Gasteiger partial charge in [-0.1, -0.05) is 17.7 Å². The molecule has 1 fully saturated rings. The van der Waals surface area contributed by atoms with Gasteiger partial charge < -0.3 is 15.3 Å². The topological polar surface area (TPSA) is 72.9 Å². The molecule has 1 aromatic rings. The summed E-state index contributed by atoms with van der Waals surface area (Å²) in [7, 11) is 0. The van der Waals surface area contributed by atoms with Gasteiger partial charge >= 0.3 is 12.0 Å². The molecule has 1 saturated heterocycles. The predicted octanol–water partition coefficient (Wildman–Crippen LogP) is 2.98. The van der Waals surface area contributed by atoms with Crippen molar-refractivity contribution in [1.29, 1.82) is 0 Å². The largest absolute Gasteiger partial charge is 0.480 e. The molecule has 1 aromatic carbocycles. The van der Waals surface area contributed by atoms with Crippen molar-refractivity contribution in [3.63, 3.8) is 0 Å². The number of urea groups is 1. The lowest BCUT2D eigenvalue weighted by Crippen LogP contribution is -2.50. The lowest BCUT2D eigenvalue weighted by Gasteiger charge is -2.38. The molecule has 0 atom stereocenters. The minimum Gasteiger partial charge on any atom is -0.480 e. The second-order valence-electron chi connectivity index (χ2n) is 6.09. The van der Waals surface area contributed by atoms with Gasteiger partial charge in [0.05, 0.1) is 6.54 Å². The van der Waals surface area contributed by atoms with Gasteiger partial charge in [-0.15, -0.1) is 12.4 Å². The normalized spacial score (nSPS) is 14.8. The molecule has 0 saturated carbocycles. The first kappa shape index (κ1) is 22.5. The summed E-state index contributed by atoms with van der Waals surface area (Å²) in [6, 6.07) is 4.07. The number of amides is 2. The van der Waals surface area contributed by atoms with Crippen molar-refractivity contribution in [2.45, 2.75) is 32.4 Å². The van der Waals surface area contributed by atoms with Crippen molar-refractivity contribution in [3.05, 3.63) is 34.6 Å². The van der Waals surface area contributed by atoms with Crippen LogP contribution in [0.3, 0.4) is 0 Å². The second kappa shape index (κ2) is 10.5. The summed E-state index contributed by atoms with van der Waals surface area (Å²) in [6.07, 6.45) is 1.37. The van der Waals surface area contributed by atoms with Crippen LogP contribution in [0.2, 0.25) is 5.02 Å². The van der Waals surface area contributed by atoms with Crippen LogP contribution in [0.4, 0.5) is 9.18 Å². The number of rotatable bonds is 6. The highest BCUT2D eigenvalue weighted by Gasteiger charge is 2.28. The van der Waals surface area contributed by atoms with Gasteiger partial charge in [-0.3, -0.25) is 9.69 Å². The fourth-order valence-electron chi connectivity index (χ4n) is 3.05. The van der Waals surface area contributed by atoms with E-state index >= 15 is 0 Å². The summed E-state index contributed by atoms with van der Waals surface area (Å²) in [5, 5.41) is 12.3. The number of carboxylic acid groups (broad SMARTS) is 1. The van der Waals surface area contributed by atoms with Crippen LogP contribution < -0.4 is 5.32 Å². The highest BCUT2D eigenvalue weighted by Crippen LogP contribution is 2.23. The molecule has 0 unspecified atom stereocenters. The average molecular weight is 408 g/mol. The van der Waals surface area contributed by atoms with Crippen LogP contribution in [0.15, 0.2) is 18.2 Å². The van der Waals surface area contributed by atoms with Crippen LogP contribution in [-0.2, 0) is 11.3 Å². The highest BCUT2D eigenvalue weighted by molar-refractivity contribution is 6.31. The van der Waals surface area contributed by atoms with E-state index in [0.29, 0.717) is 44.6 Å². The number of carbonyl (C=O) groups is 2. The number of likely N-dealkylation sites (tertiary alicyclic amines) is 1. The monoisotopic (exact) mass is 407 g/mol. The standard InChI is InChI=1S/C17H23ClFN3O3.ClH/c1-2-20-17(25)21-7-5-14(6-8-21)22(11-16(23)24)10-12-3-4-13(19)9-15(12)18;/h3-4,9,14H,2,5-8,10-11H2,1H3,(H,20,25)(H,23,24);1H. The lowest BCUT2D eigenvalue weighted by molar-refractivity contribution is -0.139. The minimum absolute atomic E-state index is 0. The summed E-state index contributed by atoms with van der Waals surface area (Å²) < 4.78 is 13.2. The Kier molecular flexibility index (Phi) is 9.12. The first-order valence-corrected chi connectivity index (χ1v) is 8.71. The number of hydrogen-bond donors (Lipinski definition) is 2. The molecule has 1 aliphatic rings. The summed E-state index contributed by atoms with van der Waals surface area (Å²) in [5.41, 5.74) is 0.690. The Hall–Kier alpha value is -1.57. The number of hydrogen-bond acceptors (Lipinski definition) is 3. The molecule has 6 nitrogen and oxygen atoms in total. The molecule has 1 heterocycles. The molecular weight excluding hydrogens is 384 g/mol. The number of piperidine rings is 1. The van der Waals surface area contributed by atoms with E-state index in [4.69, 9.17) is 11.6 Å². The minimum atomic E-state index is -0.926. The Bertz CT molecular complexity index is 625. The maximum Gasteiger partial charge on any atom is 0.317 e. The van der Waals surface area contributed by atoms with E-state index < -0.39 is 11.8 Å². The van der Waals surface area contributed by atoms with Crippen molar-refractivity contribution < 1.29 is 19.1 Å². The van der Waals surface area contributed by atoms with E-state index in [1.807, 2.05) is 11.8 Å². The molecule has 0 spiro atoms. The maximum atomic E-state index is 13.2. The molecule has 2 N–H and O–H groups in total. The van der Waals surface area contributed by atoms with Gasteiger partial charge in [0, 0.05) is 37.2 Å². The molecule has 0 bridgehead atoms. The van der Waals surface area contributed by atoms with Crippen molar-refractivity contribution in [3.8, 4) is 0 Å². The quantitative estimate of drug-likeness (QED) is 0.759. The lowest BCUT2D eigenvalue weighted by atomic mass is 10.0. The number of aliphatic carboxylic acids is 1. The highest BCUT2D eigenvalue weighted by atomic mass is 35.5. The van der Waals surface area contributed by atoms with Crippen LogP contribution in [0.1, 0.15) is 25.3 Å². The Morgan fingerprint density at radius 3 is 2.58 bits per heavy atom. The van der Waals surface area contributed by atoms with E-state index in [1.165, 1.54) is 12.1 Å². The summed E-state index contributed by atoms with van der Waals surface area (Å²) in [4.78, 5) is 26.7. The first-order chi connectivity index (χ1) is 11.9. The Morgan fingerprint density at radius 2 is 2.04 bits per heavy atom. The van der Waals surface area contributed by atoms with Gasteiger partial charge in [0.25, 0.3) is 0 Å². The zero-order chi connectivity index (χ0) is 18.4. The van der Waals surface area contributed by atoms with E-state index in [9.17, 15) is 19.1 Å². The number of nitrogens with one attached hydrogen (secondary N) is 1. The second-order valence-corrected chi connectivity index (χ2v) is 6.50. The molecule has 0 aromatic heterocycles. The van der Waals surface area contributed by atoms with Crippen molar-refractivity contribution >= 4 is 36.0 Å². The van der Waals surface area contributed by atoms with Crippen LogP contribution in [0.5, 0.6) is 0 Å². The van der Waals surface area contributed by atoms with Gasteiger partial charge in [0.2, 0.25) is 0 Å². The summed E-state index contributed by atoms with van der Waals surface area (Å²) in [6.45, 7) is 3.79. The Balaban J connectivity index is 0.00000338. The average Bonchev–Trinajstić information content (AvgIpc) is 2.56. The molecule has 1 aliphatic heterocycles.